The number of hydrogen-bond acceptors (Lipinski definition) is 1. The lowest BCUT2D eigenvalue weighted by molar-refractivity contribution is -0.136. The topological polar surface area (TPSA) is 37.3 Å². The van der Waals surface area contributed by atoms with Crippen LogP contribution in [0.3, 0.4) is 0 Å². The molecule has 0 bridgehead atoms. The Balaban J connectivity index is 2.73. The Bertz CT molecular complexity index is 297. The van der Waals surface area contributed by atoms with Gasteiger partial charge < -0.3 is 5.11 Å². The van der Waals surface area contributed by atoms with Crippen molar-refractivity contribution < 1.29 is 9.90 Å². The number of alkyl halides is 1. The van der Waals surface area contributed by atoms with Crippen LogP contribution in [-0.4, -0.2) is 16.4 Å². The first-order chi connectivity index (χ1) is 6.22. The zero-order valence-electron chi connectivity index (χ0n) is 7.16. The number of carboxylic acid groups (broad SMARTS) is 1. The maximum absolute atomic E-state index is 10.4. The summed E-state index contributed by atoms with van der Waals surface area (Å²) in [5, 5.41) is 9.48. The molecule has 0 unspecified atom stereocenters. The van der Waals surface area contributed by atoms with Crippen LogP contribution < -0.4 is 0 Å². The van der Waals surface area contributed by atoms with Gasteiger partial charge in [0.25, 0.3) is 0 Å². The molecule has 2 nitrogen and oxygen atoms in total. The number of aryl methyl sites for hydroxylation is 1. The van der Waals surface area contributed by atoms with Gasteiger partial charge in [0.05, 0.1) is 6.42 Å². The highest BCUT2D eigenvalue weighted by atomic mass is 79.9. The fourth-order valence-corrected chi connectivity index (χ4v) is 1.64. The largest absolute Gasteiger partial charge is 0.481 e. The summed E-state index contributed by atoms with van der Waals surface area (Å²) >= 11 is 3.35. The third-order valence-electron chi connectivity index (χ3n) is 1.73. The van der Waals surface area contributed by atoms with Gasteiger partial charge in [0.1, 0.15) is 0 Å². The first-order valence-electron chi connectivity index (χ1n) is 4.08. The molecule has 0 atom stereocenters. The van der Waals surface area contributed by atoms with Gasteiger partial charge in [-0.2, -0.15) is 0 Å². The predicted octanol–water partition coefficient (Wildman–Crippen LogP) is 2.25. The van der Waals surface area contributed by atoms with Crippen molar-refractivity contribution in [3.63, 3.8) is 0 Å². The highest BCUT2D eigenvalue weighted by Crippen LogP contribution is 2.07. The predicted molar refractivity (Wildman–Crippen MR) is 55.3 cm³/mol. The molecule has 3 heteroatoms. The van der Waals surface area contributed by atoms with Crippen molar-refractivity contribution in [1.82, 2.24) is 0 Å². The van der Waals surface area contributed by atoms with Gasteiger partial charge in [-0.15, -0.1) is 0 Å². The van der Waals surface area contributed by atoms with Gasteiger partial charge >= 0.3 is 5.97 Å². The summed E-state index contributed by atoms with van der Waals surface area (Å²) in [5.41, 5.74) is 2.04. The average Bonchev–Trinajstić information content (AvgIpc) is 2.04. The fourth-order valence-electron chi connectivity index (χ4n) is 1.18. The van der Waals surface area contributed by atoms with Crippen molar-refractivity contribution in [3.05, 3.63) is 35.4 Å². The molecule has 0 spiro atoms. The second kappa shape index (κ2) is 5.02. The van der Waals surface area contributed by atoms with Gasteiger partial charge in [0.2, 0.25) is 0 Å². The van der Waals surface area contributed by atoms with Gasteiger partial charge in [-0.05, 0) is 17.5 Å². The van der Waals surface area contributed by atoms with Gasteiger partial charge in [0.15, 0.2) is 0 Å². The quantitative estimate of drug-likeness (QED) is 0.823. The second-order valence-electron chi connectivity index (χ2n) is 2.83. The minimum Gasteiger partial charge on any atom is -0.481 e. The molecule has 0 aromatic heterocycles. The van der Waals surface area contributed by atoms with Crippen LogP contribution >= 0.6 is 15.9 Å². The third kappa shape index (κ3) is 3.59. The van der Waals surface area contributed by atoms with E-state index in [1.165, 1.54) is 5.56 Å². The highest BCUT2D eigenvalue weighted by molar-refractivity contribution is 9.09. The Labute approximate surface area is 85.7 Å². The summed E-state index contributed by atoms with van der Waals surface area (Å²) in [4.78, 5) is 10.4. The van der Waals surface area contributed by atoms with Gasteiger partial charge in [0, 0.05) is 5.33 Å². The van der Waals surface area contributed by atoms with Crippen molar-refractivity contribution in [1.29, 1.82) is 0 Å². The molecule has 0 saturated heterocycles. The number of benzene rings is 1. The van der Waals surface area contributed by atoms with Gasteiger partial charge in [-0.25, -0.2) is 0 Å². The lowest BCUT2D eigenvalue weighted by Crippen LogP contribution is -2.00. The van der Waals surface area contributed by atoms with Crippen molar-refractivity contribution in [3.8, 4) is 0 Å². The summed E-state index contributed by atoms with van der Waals surface area (Å²) < 4.78 is 0. The normalized spacial score (nSPS) is 9.92. The van der Waals surface area contributed by atoms with Gasteiger partial charge in [-0.3, -0.25) is 4.79 Å². The Kier molecular flexibility index (Phi) is 3.96. The second-order valence-corrected chi connectivity index (χ2v) is 3.62. The van der Waals surface area contributed by atoms with Crippen LogP contribution in [0.5, 0.6) is 0 Å². The number of carboxylic acids is 1. The molecular formula is C10H11BrO2. The first kappa shape index (κ1) is 10.3. The van der Waals surface area contributed by atoms with E-state index in [0.717, 1.165) is 17.3 Å². The van der Waals surface area contributed by atoms with Crippen LogP contribution in [0.25, 0.3) is 0 Å². The summed E-state index contributed by atoms with van der Waals surface area (Å²) in [6.07, 6.45) is 1.05. The fraction of sp³-hybridized carbons (Fsp3) is 0.300. The number of rotatable bonds is 4. The zero-order valence-corrected chi connectivity index (χ0v) is 8.75. The van der Waals surface area contributed by atoms with E-state index in [4.69, 9.17) is 5.11 Å². The van der Waals surface area contributed by atoms with Crippen LogP contribution in [-0.2, 0) is 17.6 Å². The van der Waals surface area contributed by atoms with E-state index in [0.29, 0.717) is 0 Å². The number of carbonyl (C=O) groups is 1. The van der Waals surface area contributed by atoms with E-state index in [9.17, 15) is 4.79 Å². The highest BCUT2D eigenvalue weighted by Gasteiger charge is 2.00. The van der Waals surface area contributed by atoms with E-state index < -0.39 is 5.97 Å². The minimum absolute atomic E-state index is 0.107. The lowest BCUT2D eigenvalue weighted by atomic mass is 10.1. The van der Waals surface area contributed by atoms with E-state index in [-0.39, 0.29) is 6.42 Å². The summed E-state index contributed by atoms with van der Waals surface area (Å²) in [5.74, 6) is -0.781. The Morgan fingerprint density at radius 1 is 1.38 bits per heavy atom. The molecule has 1 aromatic carbocycles. The van der Waals surface area contributed by atoms with Crippen LogP contribution in [0.1, 0.15) is 11.1 Å². The first-order valence-corrected chi connectivity index (χ1v) is 5.20. The molecule has 1 rings (SSSR count). The van der Waals surface area contributed by atoms with Crippen LogP contribution in [0, 0.1) is 0 Å². The average molecular weight is 243 g/mol. The standard InChI is InChI=1S/C10H11BrO2/c11-5-4-8-2-1-3-9(6-8)7-10(12)13/h1-3,6H,4-5,7H2,(H,12,13). The van der Waals surface area contributed by atoms with Crippen molar-refractivity contribution >= 4 is 21.9 Å². The van der Waals surface area contributed by atoms with Crippen LogP contribution in [0.2, 0.25) is 0 Å². The number of halogens is 1. The molecule has 70 valence electrons. The molecular weight excluding hydrogens is 232 g/mol. The molecule has 0 heterocycles. The molecule has 0 radical (unpaired) electrons. The van der Waals surface area contributed by atoms with Crippen LogP contribution in [0.4, 0.5) is 0 Å². The molecule has 13 heavy (non-hydrogen) atoms. The summed E-state index contributed by atoms with van der Waals surface area (Å²) in [6, 6.07) is 7.68. The summed E-state index contributed by atoms with van der Waals surface area (Å²) in [6.45, 7) is 0. The number of hydrogen-bond donors (Lipinski definition) is 1. The van der Waals surface area contributed by atoms with Crippen LogP contribution in [0.15, 0.2) is 24.3 Å². The zero-order chi connectivity index (χ0) is 9.68. The molecule has 0 fully saturated rings. The lowest BCUT2D eigenvalue weighted by Gasteiger charge is -2.00. The maximum Gasteiger partial charge on any atom is 0.307 e. The molecule has 1 aromatic rings. The molecule has 0 aliphatic heterocycles. The van der Waals surface area contributed by atoms with E-state index in [2.05, 4.69) is 15.9 Å². The minimum atomic E-state index is -0.781. The Morgan fingerprint density at radius 2 is 2.08 bits per heavy atom. The number of aliphatic carboxylic acids is 1. The Hall–Kier alpha value is -0.830. The van der Waals surface area contributed by atoms with Crippen molar-refractivity contribution in [2.75, 3.05) is 5.33 Å². The molecule has 0 aliphatic rings. The van der Waals surface area contributed by atoms with E-state index in [1.807, 2.05) is 24.3 Å². The molecule has 0 amide bonds. The van der Waals surface area contributed by atoms with E-state index >= 15 is 0 Å². The molecule has 0 saturated carbocycles. The Morgan fingerprint density at radius 3 is 2.69 bits per heavy atom. The maximum atomic E-state index is 10.4. The summed E-state index contributed by atoms with van der Waals surface area (Å²) in [7, 11) is 0. The van der Waals surface area contributed by atoms with E-state index in [1.54, 1.807) is 0 Å². The molecule has 1 N–H and O–H groups in total. The van der Waals surface area contributed by atoms with Crippen molar-refractivity contribution in [2.45, 2.75) is 12.8 Å². The third-order valence-corrected chi connectivity index (χ3v) is 2.13. The molecule has 0 aliphatic carbocycles. The van der Waals surface area contributed by atoms with Gasteiger partial charge in [-0.1, -0.05) is 40.2 Å². The SMILES string of the molecule is O=C(O)Cc1cccc(CCBr)c1. The smallest absolute Gasteiger partial charge is 0.307 e. The van der Waals surface area contributed by atoms with Crippen molar-refractivity contribution in [2.24, 2.45) is 0 Å². The monoisotopic (exact) mass is 242 g/mol.